The van der Waals surface area contributed by atoms with Crippen LogP contribution in [-0.4, -0.2) is 52.9 Å². The van der Waals surface area contributed by atoms with E-state index in [2.05, 4.69) is 23.0 Å². The third-order valence-corrected chi connectivity index (χ3v) is 8.47. The fourth-order valence-corrected chi connectivity index (χ4v) is 6.53. The highest BCUT2D eigenvalue weighted by molar-refractivity contribution is 7.19. The first-order valence-corrected chi connectivity index (χ1v) is 12.7. The summed E-state index contributed by atoms with van der Waals surface area (Å²) in [5.41, 5.74) is 2.92. The lowest BCUT2D eigenvalue weighted by atomic mass is 10.0. The van der Waals surface area contributed by atoms with Crippen LogP contribution in [0.15, 0.2) is 47.0 Å². The van der Waals surface area contributed by atoms with Crippen molar-refractivity contribution in [2.45, 2.75) is 56.7 Å². The Hall–Kier alpha value is -2.48. The van der Waals surface area contributed by atoms with Gasteiger partial charge in [0.15, 0.2) is 0 Å². The molecule has 1 aromatic carbocycles. The zero-order valence-electron chi connectivity index (χ0n) is 18.9. The minimum Gasteiger partial charge on any atom is -0.490 e. The number of ether oxygens (including phenoxy) is 2. The molecule has 6 rings (SSSR count). The fourth-order valence-electron chi connectivity index (χ4n) is 5.50. The Morgan fingerprint density at radius 1 is 1.12 bits per heavy atom. The molecule has 2 aromatic heterocycles. The molecule has 3 aliphatic rings. The van der Waals surface area contributed by atoms with E-state index in [9.17, 15) is 4.79 Å². The van der Waals surface area contributed by atoms with Gasteiger partial charge >= 0.3 is 0 Å². The minimum atomic E-state index is -0.0258. The van der Waals surface area contributed by atoms with E-state index in [-0.39, 0.29) is 11.7 Å². The maximum atomic E-state index is 13.2. The van der Waals surface area contributed by atoms with Gasteiger partial charge in [-0.15, -0.1) is 11.3 Å². The summed E-state index contributed by atoms with van der Waals surface area (Å²) >= 11 is 1.52. The first-order chi connectivity index (χ1) is 16.1. The van der Waals surface area contributed by atoms with Crippen molar-refractivity contribution in [3.8, 4) is 11.4 Å². The van der Waals surface area contributed by atoms with Crippen LogP contribution in [0.2, 0.25) is 0 Å². The zero-order chi connectivity index (χ0) is 22.4. The van der Waals surface area contributed by atoms with E-state index in [4.69, 9.17) is 9.47 Å². The maximum Gasteiger partial charge on any atom is 0.275 e. The molecule has 0 saturated carbocycles. The zero-order valence-corrected chi connectivity index (χ0v) is 19.7. The summed E-state index contributed by atoms with van der Waals surface area (Å²) in [6.45, 7) is 1.56. The Labute approximate surface area is 197 Å². The average molecular weight is 464 g/mol. The summed E-state index contributed by atoms with van der Waals surface area (Å²) in [5.74, 6) is 0.872. The van der Waals surface area contributed by atoms with E-state index in [1.165, 1.54) is 29.8 Å². The Bertz CT molecular complexity index is 1220. The van der Waals surface area contributed by atoms with Gasteiger partial charge in [0.2, 0.25) is 0 Å². The molecule has 172 valence electrons. The van der Waals surface area contributed by atoms with Crippen molar-refractivity contribution in [3.63, 3.8) is 0 Å². The van der Waals surface area contributed by atoms with Crippen molar-refractivity contribution in [2.75, 3.05) is 20.3 Å². The van der Waals surface area contributed by atoms with E-state index >= 15 is 0 Å². The minimum absolute atomic E-state index is 0.0258. The van der Waals surface area contributed by atoms with Gasteiger partial charge in [-0.3, -0.25) is 9.36 Å². The Balaban J connectivity index is 1.21. The molecule has 3 aliphatic heterocycles. The predicted molar refractivity (Wildman–Crippen MR) is 131 cm³/mol. The summed E-state index contributed by atoms with van der Waals surface area (Å²) in [6.07, 6.45) is 10.8. The van der Waals surface area contributed by atoms with Gasteiger partial charge in [0.05, 0.1) is 24.4 Å². The second-order valence-electron chi connectivity index (χ2n) is 9.45. The molecule has 1 unspecified atom stereocenters. The lowest BCUT2D eigenvalue weighted by molar-refractivity contribution is 0.0662. The molecule has 3 aromatic rings. The Kier molecular flexibility index (Phi) is 5.56. The Morgan fingerprint density at radius 3 is 2.58 bits per heavy atom. The van der Waals surface area contributed by atoms with E-state index in [0.717, 1.165) is 60.7 Å². The van der Waals surface area contributed by atoms with Crippen LogP contribution in [0.5, 0.6) is 5.75 Å². The predicted octanol–water partition coefficient (Wildman–Crippen LogP) is 4.65. The summed E-state index contributed by atoms with van der Waals surface area (Å²) in [4.78, 5) is 21.4. The fraction of sp³-hybridized carbons (Fsp3) is 0.462. The quantitative estimate of drug-likeness (QED) is 0.564. The van der Waals surface area contributed by atoms with Crippen molar-refractivity contribution < 1.29 is 9.47 Å². The molecular formula is C26H29N3O3S. The smallest absolute Gasteiger partial charge is 0.275 e. The summed E-state index contributed by atoms with van der Waals surface area (Å²) in [6, 6.07) is 11.2. The second kappa shape index (κ2) is 8.70. The molecule has 33 heavy (non-hydrogen) atoms. The highest BCUT2D eigenvalue weighted by Gasteiger charge is 2.39. The molecule has 3 fully saturated rings. The van der Waals surface area contributed by atoms with Crippen molar-refractivity contribution in [1.82, 2.24) is 14.5 Å². The van der Waals surface area contributed by atoms with Crippen molar-refractivity contribution in [1.29, 1.82) is 0 Å². The van der Waals surface area contributed by atoms with Crippen LogP contribution < -0.4 is 10.3 Å². The van der Waals surface area contributed by atoms with E-state index in [1.807, 2.05) is 30.3 Å². The number of thiophene rings is 1. The number of aromatic nitrogens is 2. The molecule has 3 saturated heterocycles. The van der Waals surface area contributed by atoms with Gasteiger partial charge in [0.25, 0.3) is 5.56 Å². The van der Waals surface area contributed by atoms with Crippen LogP contribution in [0.4, 0.5) is 0 Å². The number of benzene rings is 1. The van der Waals surface area contributed by atoms with Gasteiger partial charge in [-0.25, -0.2) is 4.98 Å². The molecule has 2 bridgehead atoms. The molecule has 0 amide bonds. The Morgan fingerprint density at radius 2 is 1.85 bits per heavy atom. The maximum absolute atomic E-state index is 13.2. The first kappa shape index (κ1) is 21.1. The van der Waals surface area contributed by atoms with E-state index < -0.39 is 0 Å². The molecule has 3 atom stereocenters. The SMILES string of the molecule is CN1[C@@H]2CC[C@H]1CC(Oc1ccc(-n3cnc4cc(C=C5CCOCC5)sc4c3=O)cc1)C2. The van der Waals surface area contributed by atoms with Crippen LogP contribution in [0.3, 0.4) is 0 Å². The van der Waals surface area contributed by atoms with Gasteiger partial charge in [-0.05, 0) is 82.0 Å². The summed E-state index contributed by atoms with van der Waals surface area (Å²) in [7, 11) is 2.24. The lowest BCUT2D eigenvalue weighted by Gasteiger charge is -2.36. The van der Waals surface area contributed by atoms with Crippen LogP contribution >= 0.6 is 11.3 Å². The van der Waals surface area contributed by atoms with Crippen LogP contribution in [0, 0.1) is 0 Å². The normalized spacial score (nSPS) is 25.5. The molecule has 5 heterocycles. The molecular weight excluding hydrogens is 434 g/mol. The van der Waals surface area contributed by atoms with Crippen LogP contribution in [0.1, 0.15) is 43.4 Å². The van der Waals surface area contributed by atoms with Gasteiger partial charge in [0, 0.05) is 17.0 Å². The summed E-state index contributed by atoms with van der Waals surface area (Å²) < 4.78 is 14.1. The van der Waals surface area contributed by atoms with E-state index in [0.29, 0.717) is 16.8 Å². The highest BCUT2D eigenvalue weighted by Crippen LogP contribution is 2.36. The standard InChI is InChI=1S/C26H29N3O3S/c1-28-19-2-3-20(28)14-22(13-19)32-21-6-4-18(5-7-21)29-16-27-24-15-23(33-25(24)26(29)30)12-17-8-10-31-11-9-17/h4-7,12,15-16,19-20,22H,2-3,8-11,13-14H2,1H3/t19-,20+,22?. The first-order valence-electron chi connectivity index (χ1n) is 11.9. The number of piperidine rings is 1. The van der Waals surface area contributed by atoms with E-state index in [1.54, 1.807) is 10.9 Å². The van der Waals surface area contributed by atoms with Gasteiger partial charge < -0.3 is 14.4 Å². The van der Waals surface area contributed by atoms with Crippen molar-refractivity contribution >= 4 is 27.6 Å². The number of rotatable bonds is 4. The molecule has 0 spiro atoms. The number of fused-ring (bicyclic) bond motifs is 3. The molecule has 0 N–H and O–H groups in total. The third-order valence-electron chi connectivity index (χ3n) is 7.41. The second-order valence-corrected chi connectivity index (χ2v) is 10.5. The van der Waals surface area contributed by atoms with Gasteiger partial charge in [-0.1, -0.05) is 5.57 Å². The van der Waals surface area contributed by atoms with Crippen molar-refractivity contribution in [2.24, 2.45) is 0 Å². The summed E-state index contributed by atoms with van der Waals surface area (Å²) in [5, 5.41) is 0. The number of nitrogens with zero attached hydrogens (tertiary/aromatic N) is 3. The third kappa shape index (κ3) is 4.14. The molecule has 7 heteroatoms. The molecule has 6 nitrogen and oxygen atoms in total. The van der Waals surface area contributed by atoms with Gasteiger partial charge in [-0.2, -0.15) is 0 Å². The monoisotopic (exact) mass is 463 g/mol. The van der Waals surface area contributed by atoms with Crippen molar-refractivity contribution in [3.05, 3.63) is 57.5 Å². The van der Waals surface area contributed by atoms with Crippen LogP contribution in [0.25, 0.3) is 22.0 Å². The molecule has 0 radical (unpaired) electrons. The average Bonchev–Trinajstić information content (AvgIpc) is 3.31. The highest BCUT2D eigenvalue weighted by atomic mass is 32.1. The lowest BCUT2D eigenvalue weighted by Crippen LogP contribution is -2.43. The largest absolute Gasteiger partial charge is 0.490 e. The number of hydrogen-bond acceptors (Lipinski definition) is 6. The topological polar surface area (TPSA) is 56.6 Å². The number of hydrogen-bond donors (Lipinski definition) is 0. The van der Waals surface area contributed by atoms with Gasteiger partial charge in [0.1, 0.15) is 22.9 Å². The molecule has 0 aliphatic carbocycles. The van der Waals surface area contributed by atoms with Crippen LogP contribution in [-0.2, 0) is 4.74 Å².